The van der Waals surface area contributed by atoms with E-state index in [4.69, 9.17) is 31.2 Å². The first-order valence-corrected chi connectivity index (χ1v) is 11.8. The minimum Gasteiger partial charge on any atom is -0.483 e. The second-order valence-corrected chi connectivity index (χ2v) is 8.34. The maximum Gasteiger partial charge on any atom is 0.338 e. The Morgan fingerprint density at radius 2 is 2.03 bits per heavy atom. The van der Waals surface area contributed by atoms with Gasteiger partial charge < -0.3 is 29.6 Å². The zero-order valence-corrected chi connectivity index (χ0v) is 21.1. The molecule has 0 bridgehead atoms. The highest BCUT2D eigenvalue weighted by molar-refractivity contribution is 7.80. The van der Waals surface area contributed by atoms with Crippen LogP contribution in [0.4, 0.5) is 5.69 Å². The Morgan fingerprint density at radius 3 is 2.76 bits per heavy atom. The zero-order valence-electron chi connectivity index (χ0n) is 20.3. The number of carbonyl (C=O) groups is 2. The molecule has 2 aliphatic rings. The van der Waals surface area contributed by atoms with Crippen LogP contribution in [0.25, 0.3) is 0 Å². The van der Waals surface area contributed by atoms with Gasteiger partial charge in [0.1, 0.15) is 5.75 Å². The van der Waals surface area contributed by atoms with Crippen LogP contribution in [-0.4, -0.2) is 48.1 Å². The molecule has 0 radical (unpaired) electrons. The van der Waals surface area contributed by atoms with Gasteiger partial charge in [0.15, 0.2) is 23.2 Å². The summed E-state index contributed by atoms with van der Waals surface area (Å²) in [5, 5.41) is 21.5. The lowest BCUT2D eigenvalue weighted by atomic mass is 9.95. The standard InChI is InChI=1S/C24H23N5O8S/c1-3-34-23(31)21-13(2)26-24(38)27-22(21)15-6-4-5-7-17(15)35-11-20(30)28-25-10-14-8-18-19(37-12-36-18)9-16(14)29(32)33/h4-10,22H,3,11-12H2,1-2H3,(H,28,30)(H2,26,27,38)/t22-/m0/s1. The Bertz CT molecular complexity index is 1360. The van der Waals surface area contributed by atoms with Gasteiger partial charge >= 0.3 is 5.97 Å². The second-order valence-electron chi connectivity index (χ2n) is 7.93. The van der Waals surface area contributed by atoms with Crippen molar-refractivity contribution in [1.29, 1.82) is 0 Å². The number of hydrazone groups is 1. The highest BCUT2D eigenvalue weighted by Gasteiger charge is 2.32. The number of nitro groups is 1. The summed E-state index contributed by atoms with van der Waals surface area (Å²) in [7, 11) is 0. The molecule has 2 aromatic carbocycles. The minimum absolute atomic E-state index is 0.0437. The van der Waals surface area contributed by atoms with Crippen molar-refractivity contribution in [2.75, 3.05) is 20.0 Å². The summed E-state index contributed by atoms with van der Waals surface area (Å²) in [5.41, 5.74) is 3.56. The highest BCUT2D eigenvalue weighted by Crippen LogP contribution is 2.37. The van der Waals surface area contributed by atoms with E-state index in [9.17, 15) is 19.7 Å². The summed E-state index contributed by atoms with van der Waals surface area (Å²) in [6.45, 7) is 3.15. The molecule has 14 heteroatoms. The number of esters is 1. The van der Waals surface area contributed by atoms with E-state index in [1.54, 1.807) is 38.1 Å². The van der Waals surface area contributed by atoms with E-state index < -0.39 is 29.4 Å². The lowest BCUT2D eigenvalue weighted by Crippen LogP contribution is -2.45. The van der Waals surface area contributed by atoms with E-state index in [2.05, 4.69) is 21.2 Å². The van der Waals surface area contributed by atoms with Gasteiger partial charge in [-0.1, -0.05) is 18.2 Å². The molecule has 38 heavy (non-hydrogen) atoms. The fraction of sp³-hybridized carbons (Fsp3) is 0.250. The van der Waals surface area contributed by atoms with Crippen LogP contribution in [-0.2, 0) is 14.3 Å². The number of carbonyl (C=O) groups excluding carboxylic acids is 2. The average molecular weight is 542 g/mol. The number of hydrogen-bond donors (Lipinski definition) is 3. The lowest BCUT2D eigenvalue weighted by molar-refractivity contribution is -0.385. The number of ether oxygens (including phenoxy) is 4. The van der Waals surface area contributed by atoms with Gasteiger partial charge in [0.2, 0.25) is 6.79 Å². The van der Waals surface area contributed by atoms with Crippen LogP contribution < -0.4 is 30.3 Å². The van der Waals surface area contributed by atoms with Crippen molar-refractivity contribution in [2.45, 2.75) is 19.9 Å². The Labute approximate surface area is 221 Å². The first kappa shape index (κ1) is 26.3. The smallest absolute Gasteiger partial charge is 0.338 e. The molecule has 0 saturated carbocycles. The van der Waals surface area contributed by atoms with Crippen LogP contribution in [0.1, 0.15) is 31.0 Å². The second kappa shape index (κ2) is 11.6. The molecule has 2 aromatic rings. The van der Waals surface area contributed by atoms with E-state index in [0.29, 0.717) is 33.4 Å². The van der Waals surface area contributed by atoms with Crippen molar-refractivity contribution in [3.63, 3.8) is 0 Å². The molecule has 2 aliphatic heterocycles. The van der Waals surface area contributed by atoms with Crippen molar-refractivity contribution in [1.82, 2.24) is 16.1 Å². The fourth-order valence-corrected chi connectivity index (χ4v) is 4.09. The van der Waals surface area contributed by atoms with Crippen molar-refractivity contribution in [3.8, 4) is 17.2 Å². The van der Waals surface area contributed by atoms with Gasteiger partial charge in [-0.3, -0.25) is 14.9 Å². The number of amides is 1. The normalized spacial score (nSPS) is 16.1. The topological polar surface area (TPSA) is 163 Å². The van der Waals surface area contributed by atoms with Gasteiger partial charge in [0, 0.05) is 11.3 Å². The highest BCUT2D eigenvalue weighted by atomic mass is 32.1. The molecule has 0 spiro atoms. The molecule has 1 amide bonds. The van der Waals surface area contributed by atoms with Gasteiger partial charge in [-0.25, -0.2) is 10.2 Å². The first-order valence-electron chi connectivity index (χ1n) is 11.4. The van der Waals surface area contributed by atoms with Crippen molar-refractivity contribution in [3.05, 3.63) is 68.9 Å². The minimum atomic E-state index is -0.674. The molecule has 3 N–H and O–H groups in total. The third-order valence-corrected chi connectivity index (χ3v) is 5.68. The number of hydrogen-bond acceptors (Lipinski definition) is 10. The SMILES string of the molecule is CCOC(=O)C1=C(C)NC(=S)N[C@H]1c1ccccc1OCC(=O)NN=Cc1cc2c(cc1[N+](=O)[O-])OCO2. The Balaban J connectivity index is 1.46. The quantitative estimate of drug-likeness (QED) is 0.140. The number of nitro benzene ring substituents is 1. The molecule has 0 unspecified atom stereocenters. The molecule has 0 aliphatic carbocycles. The van der Waals surface area contributed by atoms with Gasteiger partial charge in [0.25, 0.3) is 11.6 Å². The molecule has 1 atom stereocenters. The largest absolute Gasteiger partial charge is 0.483 e. The predicted molar refractivity (Wildman–Crippen MR) is 138 cm³/mol. The van der Waals surface area contributed by atoms with E-state index in [1.165, 1.54) is 12.1 Å². The van der Waals surface area contributed by atoms with Crippen LogP contribution in [0.15, 0.2) is 52.8 Å². The third-order valence-electron chi connectivity index (χ3n) is 5.46. The van der Waals surface area contributed by atoms with E-state index in [-0.39, 0.29) is 30.4 Å². The van der Waals surface area contributed by atoms with Gasteiger partial charge in [-0.2, -0.15) is 5.10 Å². The first-order chi connectivity index (χ1) is 18.3. The molecular weight excluding hydrogens is 518 g/mol. The maximum absolute atomic E-state index is 12.7. The number of benzene rings is 2. The zero-order chi connectivity index (χ0) is 27.2. The third kappa shape index (κ3) is 5.81. The molecule has 0 saturated heterocycles. The summed E-state index contributed by atoms with van der Waals surface area (Å²) in [4.78, 5) is 35.8. The van der Waals surface area contributed by atoms with Gasteiger partial charge in [-0.05, 0) is 38.2 Å². The van der Waals surface area contributed by atoms with Gasteiger partial charge in [0.05, 0.1) is 41.0 Å². The van der Waals surface area contributed by atoms with E-state index >= 15 is 0 Å². The molecule has 2 heterocycles. The number of allylic oxidation sites excluding steroid dienone is 1. The maximum atomic E-state index is 12.7. The molecular formula is C24H23N5O8S. The summed E-state index contributed by atoms with van der Waals surface area (Å²) in [6.07, 6.45) is 1.13. The van der Waals surface area contributed by atoms with Crippen LogP contribution in [0, 0.1) is 10.1 Å². The molecule has 198 valence electrons. The van der Waals surface area contributed by atoms with E-state index in [1.807, 2.05) is 0 Å². The van der Waals surface area contributed by atoms with Gasteiger partial charge in [-0.15, -0.1) is 0 Å². The van der Waals surface area contributed by atoms with Crippen molar-refractivity contribution < 1.29 is 33.5 Å². The lowest BCUT2D eigenvalue weighted by Gasteiger charge is -2.30. The summed E-state index contributed by atoms with van der Waals surface area (Å²) >= 11 is 5.27. The number of thiocarbonyl (C=S) groups is 1. The number of fused-ring (bicyclic) bond motifs is 1. The summed E-state index contributed by atoms with van der Waals surface area (Å²) < 4.78 is 21.3. The van der Waals surface area contributed by atoms with Crippen LogP contribution >= 0.6 is 12.2 Å². The van der Waals surface area contributed by atoms with Crippen LogP contribution in [0.5, 0.6) is 17.2 Å². The van der Waals surface area contributed by atoms with Crippen LogP contribution in [0.2, 0.25) is 0 Å². The van der Waals surface area contributed by atoms with Crippen molar-refractivity contribution in [2.24, 2.45) is 5.10 Å². The Morgan fingerprint density at radius 1 is 1.29 bits per heavy atom. The fourth-order valence-electron chi connectivity index (χ4n) is 3.81. The number of nitrogens with zero attached hydrogens (tertiary/aromatic N) is 2. The monoisotopic (exact) mass is 541 g/mol. The molecule has 4 rings (SSSR count). The van der Waals surface area contributed by atoms with E-state index in [0.717, 1.165) is 6.21 Å². The average Bonchev–Trinajstić information content (AvgIpc) is 3.34. The van der Waals surface area contributed by atoms with Crippen LogP contribution in [0.3, 0.4) is 0 Å². The summed E-state index contributed by atoms with van der Waals surface area (Å²) in [6, 6.07) is 8.81. The number of rotatable bonds is 9. The summed E-state index contributed by atoms with van der Waals surface area (Å²) in [5.74, 6) is -0.219. The number of nitrogens with one attached hydrogen (secondary N) is 3. The Hall–Kier alpha value is -4.72. The van der Waals surface area contributed by atoms with Crippen molar-refractivity contribution >= 4 is 41.1 Å². The predicted octanol–water partition coefficient (Wildman–Crippen LogP) is 2.21. The molecule has 0 aromatic heterocycles. The molecule has 13 nitrogen and oxygen atoms in total. The number of para-hydroxylation sites is 1. The molecule has 0 fully saturated rings. The Kier molecular flexibility index (Phi) is 8.01.